The Morgan fingerprint density at radius 1 is 1.04 bits per heavy atom. The lowest BCUT2D eigenvalue weighted by Crippen LogP contribution is -2.34. The molecule has 26 heavy (non-hydrogen) atoms. The van der Waals surface area contributed by atoms with E-state index in [1.807, 2.05) is 0 Å². The van der Waals surface area contributed by atoms with Crippen LogP contribution >= 0.6 is 0 Å². The van der Waals surface area contributed by atoms with Gasteiger partial charge in [-0.25, -0.2) is 4.79 Å². The van der Waals surface area contributed by atoms with Gasteiger partial charge in [-0.3, -0.25) is 4.79 Å². The molecule has 3 amide bonds. The molecule has 0 saturated heterocycles. The molecule has 0 aliphatic heterocycles. The van der Waals surface area contributed by atoms with Crippen LogP contribution in [-0.4, -0.2) is 18.5 Å². The third kappa shape index (κ3) is 6.39. The van der Waals surface area contributed by atoms with Crippen molar-refractivity contribution in [3.8, 4) is 5.75 Å². The minimum atomic E-state index is -2.93. The second-order valence-electron chi connectivity index (χ2n) is 5.40. The molecule has 0 atom stereocenters. The first-order valence-corrected chi connectivity index (χ1v) is 7.85. The number of anilines is 1. The van der Waals surface area contributed by atoms with E-state index in [0.717, 1.165) is 5.56 Å². The zero-order valence-electron chi connectivity index (χ0n) is 14.1. The van der Waals surface area contributed by atoms with E-state index in [1.165, 1.54) is 13.0 Å². The van der Waals surface area contributed by atoms with Crippen LogP contribution in [0.4, 0.5) is 19.3 Å². The molecule has 0 fully saturated rings. The number of amides is 3. The highest BCUT2D eigenvalue weighted by Crippen LogP contribution is 2.19. The van der Waals surface area contributed by atoms with E-state index in [-0.39, 0.29) is 24.7 Å². The summed E-state index contributed by atoms with van der Waals surface area (Å²) >= 11 is 0. The first kappa shape index (κ1) is 19.2. The number of nitrogens with one attached hydrogen (secondary N) is 3. The molecule has 8 heteroatoms. The Kier molecular flexibility index (Phi) is 6.90. The van der Waals surface area contributed by atoms with Crippen molar-refractivity contribution in [2.24, 2.45) is 0 Å². The van der Waals surface area contributed by atoms with Crippen LogP contribution in [0.3, 0.4) is 0 Å². The van der Waals surface area contributed by atoms with Crippen molar-refractivity contribution >= 4 is 17.6 Å². The van der Waals surface area contributed by atoms with Gasteiger partial charge in [-0.1, -0.05) is 30.3 Å². The SMILES string of the molecule is CC(=O)Nc1cccc(CNC(=O)NCc2ccccc2OC(F)F)c1. The summed E-state index contributed by atoms with van der Waals surface area (Å²) in [5.41, 5.74) is 1.87. The summed E-state index contributed by atoms with van der Waals surface area (Å²) in [4.78, 5) is 23.0. The summed E-state index contributed by atoms with van der Waals surface area (Å²) in [6.45, 7) is -1.23. The fourth-order valence-corrected chi connectivity index (χ4v) is 2.24. The summed E-state index contributed by atoms with van der Waals surface area (Å²) < 4.78 is 29.2. The number of halogens is 2. The van der Waals surface area contributed by atoms with Gasteiger partial charge < -0.3 is 20.7 Å². The molecule has 2 rings (SSSR count). The molecule has 0 bridgehead atoms. The zero-order chi connectivity index (χ0) is 18.9. The number of ether oxygens (including phenoxy) is 1. The molecule has 138 valence electrons. The van der Waals surface area contributed by atoms with Gasteiger partial charge in [-0.2, -0.15) is 8.78 Å². The normalized spacial score (nSPS) is 10.3. The summed E-state index contributed by atoms with van der Waals surface area (Å²) in [5, 5.41) is 7.90. The van der Waals surface area contributed by atoms with Gasteiger partial charge in [0, 0.05) is 31.3 Å². The molecule has 6 nitrogen and oxygen atoms in total. The summed E-state index contributed by atoms with van der Waals surface area (Å²) in [6.07, 6.45) is 0. The van der Waals surface area contributed by atoms with Crippen LogP contribution in [0, 0.1) is 0 Å². The maximum atomic E-state index is 12.4. The molecule has 0 saturated carbocycles. The number of carbonyl (C=O) groups excluding carboxylic acids is 2. The van der Waals surface area contributed by atoms with Crippen LogP contribution in [0.15, 0.2) is 48.5 Å². The van der Waals surface area contributed by atoms with Crippen LogP contribution in [0.5, 0.6) is 5.75 Å². The minimum Gasteiger partial charge on any atom is -0.434 e. The van der Waals surface area contributed by atoms with E-state index in [2.05, 4.69) is 20.7 Å². The lowest BCUT2D eigenvalue weighted by Gasteiger charge is -2.12. The van der Waals surface area contributed by atoms with E-state index in [4.69, 9.17) is 0 Å². The fourth-order valence-electron chi connectivity index (χ4n) is 2.24. The quantitative estimate of drug-likeness (QED) is 0.707. The highest BCUT2D eigenvalue weighted by atomic mass is 19.3. The molecule has 0 unspecified atom stereocenters. The molecular formula is C18H19F2N3O3. The minimum absolute atomic E-state index is 0.0193. The lowest BCUT2D eigenvalue weighted by molar-refractivity contribution is -0.114. The molecule has 3 N–H and O–H groups in total. The van der Waals surface area contributed by atoms with Crippen molar-refractivity contribution in [3.63, 3.8) is 0 Å². The number of para-hydroxylation sites is 1. The van der Waals surface area contributed by atoms with Gasteiger partial charge in [0.1, 0.15) is 5.75 Å². The number of benzene rings is 2. The van der Waals surface area contributed by atoms with Crippen molar-refractivity contribution in [2.45, 2.75) is 26.6 Å². The van der Waals surface area contributed by atoms with Crippen LogP contribution in [0.25, 0.3) is 0 Å². The fraction of sp³-hybridized carbons (Fsp3) is 0.222. The number of rotatable bonds is 7. The summed E-state index contributed by atoms with van der Waals surface area (Å²) in [5.74, 6) is -0.164. The smallest absolute Gasteiger partial charge is 0.387 e. The molecule has 0 radical (unpaired) electrons. The monoisotopic (exact) mass is 363 g/mol. The Balaban J connectivity index is 1.85. The van der Waals surface area contributed by atoms with Crippen molar-refractivity contribution < 1.29 is 23.1 Å². The van der Waals surface area contributed by atoms with Crippen LogP contribution in [0.1, 0.15) is 18.1 Å². The molecule has 2 aromatic carbocycles. The number of alkyl halides is 2. The molecular weight excluding hydrogens is 344 g/mol. The summed E-state index contributed by atoms with van der Waals surface area (Å²) in [7, 11) is 0. The molecule has 0 aliphatic rings. The van der Waals surface area contributed by atoms with Crippen LogP contribution < -0.4 is 20.7 Å². The van der Waals surface area contributed by atoms with Crippen molar-refractivity contribution in [3.05, 3.63) is 59.7 Å². The molecule has 0 aromatic heterocycles. The Morgan fingerprint density at radius 2 is 1.77 bits per heavy atom. The van der Waals surface area contributed by atoms with Gasteiger partial charge in [-0.15, -0.1) is 0 Å². The Labute approximate surface area is 149 Å². The standard InChI is InChI=1S/C18H19F2N3O3/c1-12(24)23-15-7-4-5-13(9-15)10-21-18(25)22-11-14-6-2-3-8-16(14)26-17(19)20/h2-9,17H,10-11H2,1H3,(H,23,24)(H2,21,22,25). The largest absolute Gasteiger partial charge is 0.434 e. The van der Waals surface area contributed by atoms with Crippen LogP contribution in [-0.2, 0) is 17.9 Å². The van der Waals surface area contributed by atoms with E-state index < -0.39 is 12.6 Å². The van der Waals surface area contributed by atoms with Gasteiger partial charge in [0.15, 0.2) is 0 Å². The van der Waals surface area contributed by atoms with Gasteiger partial charge in [0.05, 0.1) is 0 Å². The zero-order valence-corrected chi connectivity index (χ0v) is 14.1. The predicted molar refractivity (Wildman–Crippen MR) is 92.9 cm³/mol. The number of carbonyl (C=O) groups is 2. The Morgan fingerprint density at radius 3 is 2.50 bits per heavy atom. The van der Waals surface area contributed by atoms with Gasteiger partial charge in [-0.05, 0) is 23.8 Å². The van der Waals surface area contributed by atoms with Crippen molar-refractivity contribution in [1.29, 1.82) is 0 Å². The predicted octanol–water partition coefficient (Wildman–Crippen LogP) is 3.25. The van der Waals surface area contributed by atoms with Gasteiger partial charge in [0.2, 0.25) is 5.91 Å². The average molecular weight is 363 g/mol. The topological polar surface area (TPSA) is 79.5 Å². The maximum Gasteiger partial charge on any atom is 0.387 e. The maximum absolute atomic E-state index is 12.4. The average Bonchev–Trinajstić information content (AvgIpc) is 2.58. The van der Waals surface area contributed by atoms with Crippen molar-refractivity contribution in [2.75, 3.05) is 5.32 Å². The van der Waals surface area contributed by atoms with E-state index >= 15 is 0 Å². The number of hydrogen-bond acceptors (Lipinski definition) is 3. The van der Waals surface area contributed by atoms with Gasteiger partial charge >= 0.3 is 12.6 Å². The van der Waals surface area contributed by atoms with E-state index in [9.17, 15) is 18.4 Å². The number of urea groups is 1. The molecule has 0 heterocycles. The second-order valence-corrected chi connectivity index (χ2v) is 5.40. The Hall–Kier alpha value is -3.16. The molecule has 2 aromatic rings. The molecule has 0 aliphatic carbocycles. The summed E-state index contributed by atoms with van der Waals surface area (Å²) in [6, 6.07) is 12.8. The van der Waals surface area contributed by atoms with Gasteiger partial charge in [0.25, 0.3) is 0 Å². The van der Waals surface area contributed by atoms with E-state index in [1.54, 1.807) is 42.5 Å². The van der Waals surface area contributed by atoms with Crippen molar-refractivity contribution in [1.82, 2.24) is 10.6 Å². The van der Waals surface area contributed by atoms with Crippen LogP contribution in [0.2, 0.25) is 0 Å². The number of hydrogen-bond donors (Lipinski definition) is 3. The molecule has 0 spiro atoms. The highest BCUT2D eigenvalue weighted by molar-refractivity contribution is 5.88. The third-order valence-corrected chi connectivity index (χ3v) is 3.33. The lowest BCUT2D eigenvalue weighted by atomic mass is 10.2. The first-order valence-electron chi connectivity index (χ1n) is 7.85. The third-order valence-electron chi connectivity index (χ3n) is 3.33. The second kappa shape index (κ2) is 9.36. The van der Waals surface area contributed by atoms with E-state index in [0.29, 0.717) is 11.3 Å². The first-order chi connectivity index (χ1) is 12.4. The highest BCUT2D eigenvalue weighted by Gasteiger charge is 2.10. The Bertz CT molecular complexity index is 769.